The fourth-order valence-corrected chi connectivity index (χ4v) is 2.42. The smallest absolute Gasteiger partial charge is 0.225 e. The monoisotopic (exact) mass is 315 g/mol. The molecule has 7 heteroatoms. The summed E-state index contributed by atoms with van der Waals surface area (Å²) in [5.41, 5.74) is -0.334. The zero-order valence-electron chi connectivity index (χ0n) is 12.5. The van der Waals surface area contributed by atoms with Gasteiger partial charge in [-0.25, -0.2) is 13.2 Å². The molecule has 0 saturated carbocycles. The van der Waals surface area contributed by atoms with Crippen LogP contribution >= 0.6 is 0 Å². The van der Waals surface area contributed by atoms with E-state index in [0.717, 1.165) is 44.9 Å². The Morgan fingerprint density at radius 1 is 1.09 bits per heavy atom. The number of rotatable bonds is 5. The van der Waals surface area contributed by atoms with Crippen LogP contribution in [0.3, 0.4) is 0 Å². The Hall–Kier alpha value is -1.60. The van der Waals surface area contributed by atoms with Gasteiger partial charge in [-0.1, -0.05) is 6.92 Å². The van der Waals surface area contributed by atoms with E-state index in [2.05, 4.69) is 22.0 Å². The number of benzene rings is 1. The van der Waals surface area contributed by atoms with E-state index in [-0.39, 0.29) is 12.1 Å². The van der Waals surface area contributed by atoms with E-state index < -0.39 is 23.4 Å². The highest BCUT2D eigenvalue weighted by molar-refractivity contribution is 5.90. The fourth-order valence-electron chi connectivity index (χ4n) is 2.42. The zero-order chi connectivity index (χ0) is 16.1. The van der Waals surface area contributed by atoms with Gasteiger partial charge in [-0.05, 0) is 18.7 Å². The molecule has 0 aliphatic carbocycles. The Labute approximate surface area is 127 Å². The zero-order valence-corrected chi connectivity index (χ0v) is 12.5. The number of piperazine rings is 1. The Bertz CT molecular complexity index is 531. The summed E-state index contributed by atoms with van der Waals surface area (Å²) >= 11 is 0. The third-order valence-corrected chi connectivity index (χ3v) is 3.88. The van der Waals surface area contributed by atoms with Crippen molar-refractivity contribution in [1.29, 1.82) is 0 Å². The van der Waals surface area contributed by atoms with Crippen molar-refractivity contribution in [3.05, 3.63) is 29.6 Å². The predicted molar refractivity (Wildman–Crippen MR) is 78.1 cm³/mol. The minimum absolute atomic E-state index is 0.185. The van der Waals surface area contributed by atoms with Crippen LogP contribution in [0.25, 0.3) is 0 Å². The maximum absolute atomic E-state index is 13.5. The van der Waals surface area contributed by atoms with Gasteiger partial charge in [0.05, 0.1) is 5.69 Å². The van der Waals surface area contributed by atoms with Crippen LogP contribution in [0, 0.1) is 17.5 Å². The van der Waals surface area contributed by atoms with Crippen molar-refractivity contribution in [2.75, 3.05) is 44.6 Å². The highest BCUT2D eigenvalue weighted by Crippen LogP contribution is 2.19. The first-order valence-corrected chi connectivity index (χ1v) is 7.39. The summed E-state index contributed by atoms with van der Waals surface area (Å²) in [6.45, 7) is 7.41. The molecule has 1 aliphatic heterocycles. The first kappa shape index (κ1) is 16.8. The first-order chi connectivity index (χ1) is 10.5. The highest BCUT2D eigenvalue weighted by atomic mass is 19.2. The molecule has 4 nitrogen and oxygen atoms in total. The van der Waals surface area contributed by atoms with E-state index in [4.69, 9.17) is 0 Å². The summed E-state index contributed by atoms with van der Waals surface area (Å²) in [6.07, 6.45) is 0.185. The van der Waals surface area contributed by atoms with Crippen molar-refractivity contribution in [3.8, 4) is 0 Å². The van der Waals surface area contributed by atoms with Gasteiger partial charge in [-0.3, -0.25) is 4.79 Å². The number of hydrogen-bond acceptors (Lipinski definition) is 3. The minimum atomic E-state index is -1.58. The molecule has 122 valence electrons. The molecule has 1 N–H and O–H groups in total. The number of halogens is 3. The van der Waals surface area contributed by atoms with Crippen LogP contribution in [0.4, 0.5) is 18.9 Å². The number of amides is 1. The molecule has 0 radical (unpaired) electrons. The summed E-state index contributed by atoms with van der Waals surface area (Å²) in [5, 5.41) is 2.28. The lowest BCUT2D eigenvalue weighted by atomic mass is 10.2. The maximum atomic E-state index is 13.5. The number of nitrogens with one attached hydrogen (secondary N) is 1. The Morgan fingerprint density at radius 3 is 2.36 bits per heavy atom. The number of likely N-dealkylation sites (N-methyl/N-ethyl adjacent to an activating group) is 1. The predicted octanol–water partition coefficient (Wildman–Crippen LogP) is 2.07. The van der Waals surface area contributed by atoms with E-state index in [0.29, 0.717) is 6.54 Å². The number of nitrogens with zero attached hydrogens (tertiary/aromatic N) is 2. The summed E-state index contributed by atoms with van der Waals surface area (Å²) in [4.78, 5) is 16.3. The van der Waals surface area contributed by atoms with Gasteiger partial charge < -0.3 is 15.1 Å². The van der Waals surface area contributed by atoms with Crippen molar-refractivity contribution in [3.63, 3.8) is 0 Å². The van der Waals surface area contributed by atoms with E-state index >= 15 is 0 Å². The van der Waals surface area contributed by atoms with Gasteiger partial charge >= 0.3 is 0 Å². The second-order valence-corrected chi connectivity index (χ2v) is 5.30. The van der Waals surface area contributed by atoms with Crippen molar-refractivity contribution < 1.29 is 18.0 Å². The van der Waals surface area contributed by atoms with Gasteiger partial charge in [0.1, 0.15) is 0 Å². The number of carbonyl (C=O) groups is 1. The normalized spacial score (nSPS) is 16.7. The van der Waals surface area contributed by atoms with Crippen LogP contribution in [0.2, 0.25) is 0 Å². The molecular formula is C15H20F3N3O. The molecule has 0 bridgehead atoms. The SMILES string of the molecule is CCN1CCN(CCC(=O)Nc2ccc(F)c(F)c2F)CC1. The van der Waals surface area contributed by atoms with Gasteiger partial charge in [0.15, 0.2) is 17.5 Å². The average molecular weight is 315 g/mol. The number of anilines is 1. The van der Waals surface area contributed by atoms with Crippen LogP contribution in [0.1, 0.15) is 13.3 Å². The van der Waals surface area contributed by atoms with Crippen LogP contribution in [0.5, 0.6) is 0 Å². The average Bonchev–Trinajstić information content (AvgIpc) is 2.54. The Balaban J connectivity index is 1.80. The summed E-state index contributed by atoms with van der Waals surface area (Å²) in [6, 6.07) is 1.81. The minimum Gasteiger partial charge on any atom is -0.323 e. The quantitative estimate of drug-likeness (QED) is 0.845. The topological polar surface area (TPSA) is 35.6 Å². The van der Waals surface area contributed by atoms with E-state index in [1.807, 2.05) is 0 Å². The van der Waals surface area contributed by atoms with E-state index in [1.165, 1.54) is 0 Å². The summed E-state index contributed by atoms with van der Waals surface area (Å²) < 4.78 is 39.3. The van der Waals surface area contributed by atoms with Gasteiger partial charge in [0.2, 0.25) is 5.91 Å². The molecule has 22 heavy (non-hydrogen) atoms. The molecule has 1 aromatic rings. The van der Waals surface area contributed by atoms with Crippen molar-refractivity contribution in [2.45, 2.75) is 13.3 Å². The second-order valence-electron chi connectivity index (χ2n) is 5.30. The molecule has 0 unspecified atom stereocenters. The fraction of sp³-hybridized carbons (Fsp3) is 0.533. The summed E-state index contributed by atoms with van der Waals surface area (Å²) in [5.74, 6) is -4.63. The second kappa shape index (κ2) is 7.60. The molecule has 0 atom stereocenters. The third-order valence-electron chi connectivity index (χ3n) is 3.88. The number of hydrogen-bond donors (Lipinski definition) is 1. The standard InChI is InChI=1S/C15H20F3N3O/c1-2-20-7-9-21(10-8-20)6-5-13(22)19-12-4-3-11(16)14(17)15(12)18/h3-4H,2,5-10H2,1H3,(H,19,22). The molecule has 1 saturated heterocycles. The molecule has 0 aromatic heterocycles. The molecule has 1 aliphatic rings. The van der Waals surface area contributed by atoms with Gasteiger partial charge in [0.25, 0.3) is 0 Å². The van der Waals surface area contributed by atoms with E-state index in [9.17, 15) is 18.0 Å². The molecule has 1 amide bonds. The third kappa shape index (κ3) is 4.20. The Morgan fingerprint density at radius 2 is 1.73 bits per heavy atom. The van der Waals surface area contributed by atoms with Gasteiger partial charge in [0, 0.05) is 39.1 Å². The van der Waals surface area contributed by atoms with Crippen molar-refractivity contribution in [2.24, 2.45) is 0 Å². The maximum Gasteiger partial charge on any atom is 0.225 e. The van der Waals surface area contributed by atoms with Crippen LogP contribution in [-0.4, -0.2) is 55.0 Å². The van der Waals surface area contributed by atoms with Gasteiger partial charge in [-0.2, -0.15) is 0 Å². The molecule has 1 heterocycles. The number of carbonyl (C=O) groups excluding carboxylic acids is 1. The van der Waals surface area contributed by atoms with Crippen molar-refractivity contribution in [1.82, 2.24) is 9.80 Å². The lowest BCUT2D eigenvalue weighted by molar-refractivity contribution is -0.116. The van der Waals surface area contributed by atoms with Crippen LogP contribution < -0.4 is 5.32 Å². The first-order valence-electron chi connectivity index (χ1n) is 7.39. The molecular weight excluding hydrogens is 295 g/mol. The van der Waals surface area contributed by atoms with E-state index in [1.54, 1.807) is 0 Å². The lowest BCUT2D eigenvalue weighted by Gasteiger charge is -2.33. The van der Waals surface area contributed by atoms with Crippen LogP contribution in [-0.2, 0) is 4.79 Å². The van der Waals surface area contributed by atoms with Crippen molar-refractivity contribution >= 4 is 11.6 Å². The molecule has 1 fully saturated rings. The lowest BCUT2D eigenvalue weighted by Crippen LogP contribution is -2.46. The van der Waals surface area contributed by atoms with Gasteiger partial charge in [-0.15, -0.1) is 0 Å². The molecule has 1 aromatic carbocycles. The summed E-state index contributed by atoms with van der Waals surface area (Å²) in [7, 11) is 0. The highest BCUT2D eigenvalue weighted by Gasteiger charge is 2.18. The Kier molecular flexibility index (Phi) is 5.79. The molecule has 2 rings (SSSR count). The largest absolute Gasteiger partial charge is 0.323 e. The van der Waals surface area contributed by atoms with Crippen LogP contribution in [0.15, 0.2) is 12.1 Å². The molecule has 0 spiro atoms.